The molecule has 1 heterocycles. The molecule has 3 N–H and O–H groups in total. The van der Waals surface area contributed by atoms with Gasteiger partial charge in [0, 0.05) is 11.7 Å². The summed E-state index contributed by atoms with van der Waals surface area (Å²) < 4.78 is 7.15. The van der Waals surface area contributed by atoms with Crippen molar-refractivity contribution in [3.8, 4) is 5.75 Å². The topological polar surface area (TPSA) is 103 Å². The van der Waals surface area contributed by atoms with E-state index >= 15 is 0 Å². The molecule has 0 bridgehead atoms. The second kappa shape index (κ2) is 8.58. The Kier molecular flexibility index (Phi) is 6.48. The Labute approximate surface area is 145 Å². The molecule has 130 valence electrons. The molecule has 1 aromatic carbocycles. The van der Waals surface area contributed by atoms with Gasteiger partial charge in [0.15, 0.2) is 5.82 Å². The van der Waals surface area contributed by atoms with E-state index < -0.39 is 5.97 Å². The zero-order valence-electron chi connectivity index (χ0n) is 13.8. The number of aromatic carboxylic acids is 1. The van der Waals surface area contributed by atoms with Gasteiger partial charge in [-0.15, -0.1) is 10.2 Å². The van der Waals surface area contributed by atoms with E-state index in [-0.39, 0.29) is 5.56 Å². The van der Waals surface area contributed by atoms with Gasteiger partial charge >= 0.3 is 5.97 Å². The number of carbonyl (C=O) groups is 1. The van der Waals surface area contributed by atoms with E-state index in [1.165, 1.54) is 23.9 Å². The maximum absolute atomic E-state index is 10.8. The number of thioether (sulfide) groups is 1. The Balaban J connectivity index is 1.83. The van der Waals surface area contributed by atoms with Crippen LogP contribution in [0.4, 0.5) is 0 Å². The number of ether oxygens (including phenoxy) is 1. The average molecular weight is 350 g/mol. The van der Waals surface area contributed by atoms with Gasteiger partial charge in [-0.1, -0.05) is 25.6 Å². The summed E-state index contributed by atoms with van der Waals surface area (Å²) in [4.78, 5) is 10.8. The van der Waals surface area contributed by atoms with Gasteiger partial charge in [0.25, 0.3) is 0 Å². The predicted molar refractivity (Wildman–Crippen MR) is 93.1 cm³/mol. The van der Waals surface area contributed by atoms with Crippen molar-refractivity contribution >= 4 is 17.7 Å². The standard InChI is InChI=1S/C16H22N4O3S/c1-3-11(4-2)14-18-19-16(20(14)17)24-10-9-23-13-7-5-12(6-8-13)15(21)22/h5-8,11H,3-4,9-10,17H2,1-2H3,(H,21,22). The Morgan fingerprint density at radius 2 is 1.96 bits per heavy atom. The molecule has 0 unspecified atom stereocenters. The van der Waals surface area contributed by atoms with Crippen molar-refractivity contribution in [1.29, 1.82) is 0 Å². The van der Waals surface area contributed by atoms with E-state index in [2.05, 4.69) is 24.0 Å². The van der Waals surface area contributed by atoms with Crippen molar-refractivity contribution < 1.29 is 14.6 Å². The number of nitrogen functional groups attached to an aromatic ring is 1. The number of rotatable bonds is 9. The minimum Gasteiger partial charge on any atom is -0.493 e. The largest absolute Gasteiger partial charge is 0.493 e. The lowest BCUT2D eigenvalue weighted by atomic mass is 10.0. The molecule has 1 aromatic heterocycles. The molecule has 0 saturated heterocycles. The SMILES string of the molecule is CCC(CC)c1nnc(SCCOc2ccc(C(=O)O)cc2)n1N. The van der Waals surface area contributed by atoms with Crippen LogP contribution >= 0.6 is 11.8 Å². The molecular weight excluding hydrogens is 328 g/mol. The highest BCUT2D eigenvalue weighted by Gasteiger charge is 2.17. The maximum Gasteiger partial charge on any atom is 0.335 e. The number of hydrogen-bond donors (Lipinski definition) is 2. The molecule has 2 aromatic rings. The first-order valence-electron chi connectivity index (χ1n) is 7.86. The highest BCUT2D eigenvalue weighted by Crippen LogP contribution is 2.23. The molecule has 0 aliphatic carbocycles. The fourth-order valence-electron chi connectivity index (χ4n) is 2.31. The zero-order chi connectivity index (χ0) is 17.5. The van der Waals surface area contributed by atoms with E-state index in [4.69, 9.17) is 15.7 Å². The first-order valence-corrected chi connectivity index (χ1v) is 8.84. The molecule has 0 aliphatic heterocycles. The molecule has 7 nitrogen and oxygen atoms in total. The van der Waals surface area contributed by atoms with Gasteiger partial charge < -0.3 is 15.7 Å². The third kappa shape index (κ3) is 4.41. The molecule has 8 heteroatoms. The summed E-state index contributed by atoms with van der Waals surface area (Å²) >= 11 is 1.48. The van der Waals surface area contributed by atoms with Crippen LogP contribution in [0.3, 0.4) is 0 Å². The molecule has 2 rings (SSSR count). The summed E-state index contributed by atoms with van der Waals surface area (Å²) in [6.07, 6.45) is 1.96. The van der Waals surface area contributed by atoms with Crippen LogP contribution in [-0.2, 0) is 0 Å². The van der Waals surface area contributed by atoms with Gasteiger partial charge in [-0.25, -0.2) is 9.47 Å². The number of hydrogen-bond acceptors (Lipinski definition) is 6. The first kappa shape index (κ1) is 18.1. The fraction of sp³-hybridized carbons (Fsp3) is 0.438. The lowest BCUT2D eigenvalue weighted by Gasteiger charge is -2.11. The number of benzene rings is 1. The fourth-order valence-corrected chi connectivity index (χ4v) is 2.99. The second-order valence-electron chi connectivity index (χ2n) is 5.25. The van der Waals surface area contributed by atoms with E-state index in [0.717, 1.165) is 18.7 Å². The Hall–Kier alpha value is -2.22. The van der Waals surface area contributed by atoms with Gasteiger partial charge in [-0.05, 0) is 37.1 Å². The van der Waals surface area contributed by atoms with E-state index in [9.17, 15) is 4.79 Å². The van der Waals surface area contributed by atoms with Gasteiger partial charge in [0.1, 0.15) is 5.75 Å². The lowest BCUT2D eigenvalue weighted by Crippen LogP contribution is -2.17. The molecule has 0 aliphatic rings. The normalized spacial score (nSPS) is 11.0. The highest BCUT2D eigenvalue weighted by atomic mass is 32.2. The maximum atomic E-state index is 10.8. The van der Waals surface area contributed by atoms with Crippen molar-refractivity contribution in [2.24, 2.45) is 0 Å². The van der Waals surface area contributed by atoms with E-state index in [1.54, 1.807) is 16.8 Å². The number of nitrogens with zero attached hydrogens (tertiary/aromatic N) is 3. The lowest BCUT2D eigenvalue weighted by molar-refractivity contribution is 0.0697. The molecule has 0 fully saturated rings. The molecule has 0 amide bonds. The molecule has 24 heavy (non-hydrogen) atoms. The van der Waals surface area contributed by atoms with Crippen LogP contribution in [-0.4, -0.2) is 38.3 Å². The van der Waals surface area contributed by atoms with Crippen LogP contribution in [0.15, 0.2) is 29.4 Å². The summed E-state index contributed by atoms with van der Waals surface area (Å²) in [5.41, 5.74) is 0.238. The summed E-state index contributed by atoms with van der Waals surface area (Å²) in [7, 11) is 0. The van der Waals surface area contributed by atoms with Crippen LogP contribution in [0.5, 0.6) is 5.75 Å². The second-order valence-corrected chi connectivity index (χ2v) is 6.31. The van der Waals surface area contributed by atoms with Crippen LogP contribution < -0.4 is 10.6 Å². The summed E-state index contributed by atoms with van der Waals surface area (Å²) in [6, 6.07) is 6.32. The monoisotopic (exact) mass is 350 g/mol. The zero-order valence-corrected chi connectivity index (χ0v) is 14.6. The Bertz CT molecular complexity index is 668. The first-order chi connectivity index (χ1) is 11.6. The third-order valence-electron chi connectivity index (χ3n) is 3.73. The van der Waals surface area contributed by atoms with Gasteiger partial charge in [0.05, 0.1) is 12.2 Å². The minimum absolute atomic E-state index is 0.238. The summed E-state index contributed by atoms with van der Waals surface area (Å²) in [5, 5.41) is 17.8. The number of nitrogens with two attached hydrogens (primary N) is 1. The molecule has 0 radical (unpaired) electrons. The Morgan fingerprint density at radius 3 is 2.54 bits per heavy atom. The molecule has 0 saturated carbocycles. The van der Waals surface area contributed by atoms with Crippen LogP contribution in [0.1, 0.15) is 48.8 Å². The Morgan fingerprint density at radius 1 is 1.29 bits per heavy atom. The van der Waals surface area contributed by atoms with Crippen molar-refractivity contribution in [3.63, 3.8) is 0 Å². The average Bonchev–Trinajstić information content (AvgIpc) is 2.94. The minimum atomic E-state index is -0.951. The van der Waals surface area contributed by atoms with E-state index in [0.29, 0.717) is 29.2 Å². The predicted octanol–water partition coefficient (Wildman–Crippen LogP) is 2.76. The van der Waals surface area contributed by atoms with Crippen molar-refractivity contribution in [3.05, 3.63) is 35.7 Å². The van der Waals surface area contributed by atoms with Crippen LogP contribution in [0, 0.1) is 0 Å². The van der Waals surface area contributed by atoms with Gasteiger partial charge in [-0.2, -0.15) is 0 Å². The summed E-state index contributed by atoms with van der Waals surface area (Å²) in [5.74, 6) is 7.55. The number of carboxylic acids is 1. The molecule has 0 atom stereocenters. The summed E-state index contributed by atoms with van der Waals surface area (Å²) in [6.45, 7) is 4.68. The smallest absolute Gasteiger partial charge is 0.335 e. The van der Waals surface area contributed by atoms with Crippen LogP contribution in [0.25, 0.3) is 0 Å². The van der Waals surface area contributed by atoms with Gasteiger partial charge in [-0.3, -0.25) is 0 Å². The van der Waals surface area contributed by atoms with Crippen LogP contribution in [0.2, 0.25) is 0 Å². The molecule has 0 spiro atoms. The van der Waals surface area contributed by atoms with Crippen molar-refractivity contribution in [2.45, 2.75) is 37.8 Å². The third-order valence-corrected chi connectivity index (χ3v) is 4.63. The molecular formula is C16H22N4O3S. The quantitative estimate of drug-likeness (QED) is 0.407. The van der Waals surface area contributed by atoms with Crippen molar-refractivity contribution in [1.82, 2.24) is 14.9 Å². The van der Waals surface area contributed by atoms with Crippen molar-refractivity contribution in [2.75, 3.05) is 18.2 Å². The number of aromatic nitrogens is 3. The highest BCUT2D eigenvalue weighted by molar-refractivity contribution is 7.99. The van der Waals surface area contributed by atoms with Gasteiger partial charge in [0.2, 0.25) is 5.16 Å². The van der Waals surface area contributed by atoms with E-state index in [1.807, 2.05) is 0 Å². The number of carboxylic acid groups (broad SMARTS) is 1.